The third-order valence-electron chi connectivity index (χ3n) is 5.60. The van der Waals surface area contributed by atoms with Gasteiger partial charge in [0.15, 0.2) is 0 Å². The fourth-order valence-electron chi connectivity index (χ4n) is 3.58. The number of nitrogens with zero attached hydrogens (tertiary/aromatic N) is 3. The highest BCUT2D eigenvalue weighted by Gasteiger charge is 2.23. The molecular formula is C25H30N4O5S. The molecule has 0 aliphatic carbocycles. The molecule has 0 aliphatic heterocycles. The van der Waals surface area contributed by atoms with Crippen LogP contribution >= 0.6 is 0 Å². The zero-order valence-corrected chi connectivity index (χ0v) is 21.3. The van der Waals surface area contributed by atoms with E-state index in [9.17, 15) is 18.0 Å². The van der Waals surface area contributed by atoms with E-state index in [0.717, 1.165) is 4.31 Å². The van der Waals surface area contributed by atoms with Gasteiger partial charge < -0.3 is 15.0 Å². The van der Waals surface area contributed by atoms with Crippen LogP contribution in [0.1, 0.15) is 29.8 Å². The molecule has 0 aliphatic rings. The minimum absolute atomic E-state index is 0.0414. The maximum Gasteiger partial charge on any atom is 0.307 e. The van der Waals surface area contributed by atoms with Crippen LogP contribution in [0.3, 0.4) is 0 Å². The highest BCUT2D eigenvalue weighted by atomic mass is 32.2. The molecule has 0 unspecified atom stereocenters. The molecule has 1 heterocycles. The summed E-state index contributed by atoms with van der Waals surface area (Å²) >= 11 is 0. The van der Waals surface area contributed by atoms with Crippen LogP contribution in [0.4, 0.5) is 0 Å². The van der Waals surface area contributed by atoms with E-state index in [4.69, 9.17) is 4.74 Å². The van der Waals surface area contributed by atoms with E-state index in [1.807, 2.05) is 13.8 Å². The highest BCUT2D eigenvalue weighted by Crippen LogP contribution is 2.26. The molecule has 0 saturated heterocycles. The molecule has 35 heavy (non-hydrogen) atoms. The van der Waals surface area contributed by atoms with Crippen molar-refractivity contribution in [1.29, 1.82) is 0 Å². The fraction of sp³-hybridized carbons (Fsp3) is 0.280. The van der Waals surface area contributed by atoms with Gasteiger partial charge in [-0.25, -0.2) is 3.97 Å². The Labute approximate surface area is 205 Å². The third kappa shape index (κ3) is 5.39. The number of methoxy groups -OCH3 is 1. The summed E-state index contributed by atoms with van der Waals surface area (Å²) in [5.74, 6) is -0.236. The molecule has 3 aromatic rings. The molecule has 186 valence electrons. The Morgan fingerprint density at radius 2 is 1.66 bits per heavy atom. The fourth-order valence-corrected chi connectivity index (χ4v) is 4.59. The standard InChI is InChI=1S/C25H30N4O5S/c1-6-28(7-2)25(31)22(26-24(30)18-12-14-20(34-5)15-13-18)16-19-17-29(35(32,33)27(3)4)23-11-9-8-10-21(19)23/h8-17H,6-7H2,1-5H3,(H,26,30)/b22-16-. The first-order chi connectivity index (χ1) is 16.6. The summed E-state index contributed by atoms with van der Waals surface area (Å²) in [6.07, 6.45) is 2.97. The van der Waals surface area contributed by atoms with E-state index in [1.54, 1.807) is 53.4 Å². The molecular weight excluding hydrogens is 468 g/mol. The Kier molecular flexibility index (Phi) is 7.98. The molecule has 0 radical (unpaired) electrons. The van der Waals surface area contributed by atoms with Crippen LogP contribution in [0, 0.1) is 0 Å². The number of aromatic nitrogens is 1. The van der Waals surface area contributed by atoms with Gasteiger partial charge >= 0.3 is 10.2 Å². The van der Waals surface area contributed by atoms with Crippen molar-refractivity contribution in [2.24, 2.45) is 0 Å². The molecule has 2 amide bonds. The predicted octanol–water partition coefficient (Wildman–Crippen LogP) is 2.94. The highest BCUT2D eigenvalue weighted by molar-refractivity contribution is 7.87. The SMILES string of the molecule is CCN(CC)C(=O)/C(=C/c1cn(S(=O)(=O)N(C)C)c2ccccc12)NC(=O)c1ccc(OC)cc1. The molecule has 3 rings (SSSR count). The van der Waals surface area contributed by atoms with Gasteiger partial charge in [0, 0.05) is 49.9 Å². The van der Waals surface area contributed by atoms with Crippen LogP contribution in [0.25, 0.3) is 17.0 Å². The number of fused-ring (bicyclic) bond motifs is 1. The van der Waals surface area contributed by atoms with Crippen LogP contribution in [-0.4, -0.2) is 67.7 Å². The van der Waals surface area contributed by atoms with Crippen molar-refractivity contribution in [3.63, 3.8) is 0 Å². The summed E-state index contributed by atoms with van der Waals surface area (Å²) < 4.78 is 33.2. The Bertz CT molecular complexity index is 1350. The van der Waals surface area contributed by atoms with Crippen LogP contribution < -0.4 is 10.1 Å². The number of likely N-dealkylation sites (N-methyl/N-ethyl adjacent to an activating group) is 1. The number of ether oxygens (including phenoxy) is 1. The molecule has 0 fully saturated rings. The lowest BCUT2D eigenvalue weighted by Crippen LogP contribution is -2.38. The molecule has 0 bridgehead atoms. The van der Waals surface area contributed by atoms with E-state index >= 15 is 0 Å². The number of amides is 2. The minimum Gasteiger partial charge on any atom is -0.497 e. The summed E-state index contributed by atoms with van der Waals surface area (Å²) in [5, 5.41) is 3.35. The number of nitrogens with one attached hydrogen (secondary N) is 1. The normalized spacial score (nSPS) is 12.1. The van der Waals surface area contributed by atoms with Gasteiger partial charge in [-0.1, -0.05) is 18.2 Å². The molecule has 1 N–H and O–H groups in total. The summed E-state index contributed by atoms with van der Waals surface area (Å²) in [5.41, 5.74) is 1.33. The summed E-state index contributed by atoms with van der Waals surface area (Å²) in [7, 11) is 0.619. The quantitative estimate of drug-likeness (QED) is 0.457. The van der Waals surface area contributed by atoms with Crippen molar-refractivity contribution < 1.29 is 22.7 Å². The second kappa shape index (κ2) is 10.7. The van der Waals surface area contributed by atoms with E-state index < -0.39 is 16.1 Å². The second-order valence-corrected chi connectivity index (χ2v) is 9.93. The number of hydrogen-bond donors (Lipinski definition) is 1. The lowest BCUT2D eigenvalue weighted by molar-refractivity contribution is -0.127. The van der Waals surface area contributed by atoms with Gasteiger partial charge in [0.05, 0.1) is 12.6 Å². The Balaban J connectivity index is 2.13. The summed E-state index contributed by atoms with van der Waals surface area (Å²) in [6.45, 7) is 4.59. The Morgan fingerprint density at radius 3 is 2.23 bits per heavy atom. The van der Waals surface area contributed by atoms with E-state index in [1.165, 1.54) is 37.5 Å². The average Bonchev–Trinajstić information content (AvgIpc) is 3.23. The number of carbonyl (C=O) groups is 2. The largest absolute Gasteiger partial charge is 0.497 e. The van der Waals surface area contributed by atoms with E-state index in [-0.39, 0.29) is 11.6 Å². The number of rotatable bonds is 9. The number of benzene rings is 2. The van der Waals surface area contributed by atoms with Crippen molar-refractivity contribution in [3.8, 4) is 5.75 Å². The lowest BCUT2D eigenvalue weighted by Gasteiger charge is -2.21. The number of para-hydroxylation sites is 1. The molecule has 10 heteroatoms. The zero-order chi connectivity index (χ0) is 25.8. The van der Waals surface area contributed by atoms with Crippen molar-refractivity contribution in [2.45, 2.75) is 13.8 Å². The van der Waals surface area contributed by atoms with Crippen LogP contribution in [0.5, 0.6) is 5.75 Å². The van der Waals surface area contributed by atoms with Crippen molar-refractivity contribution in [3.05, 3.63) is 71.6 Å². The van der Waals surface area contributed by atoms with Crippen molar-refractivity contribution >= 4 is 39.0 Å². The van der Waals surface area contributed by atoms with Crippen LogP contribution in [0.2, 0.25) is 0 Å². The second-order valence-electron chi connectivity index (χ2n) is 7.91. The Morgan fingerprint density at radius 1 is 1.03 bits per heavy atom. The molecule has 2 aromatic carbocycles. The van der Waals surface area contributed by atoms with E-state index in [0.29, 0.717) is 40.9 Å². The van der Waals surface area contributed by atoms with Crippen molar-refractivity contribution in [2.75, 3.05) is 34.3 Å². The lowest BCUT2D eigenvalue weighted by atomic mass is 10.1. The summed E-state index contributed by atoms with van der Waals surface area (Å²) in [4.78, 5) is 27.9. The van der Waals surface area contributed by atoms with Gasteiger partial charge in [0.25, 0.3) is 11.8 Å². The maximum absolute atomic E-state index is 13.3. The minimum atomic E-state index is -3.81. The first-order valence-corrected chi connectivity index (χ1v) is 12.5. The molecule has 0 saturated carbocycles. The van der Waals surface area contributed by atoms with Crippen molar-refractivity contribution in [1.82, 2.24) is 18.5 Å². The first-order valence-electron chi connectivity index (χ1n) is 11.1. The third-order valence-corrected chi connectivity index (χ3v) is 7.32. The first kappa shape index (κ1) is 26.0. The zero-order valence-electron chi connectivity index (χ0n) is 20.5. The average molecular weight is 499 g/mol. The van der Waals surface area contributed by atoms with Crippen LogP contribution in [0.15, 0.2) is 60.4 Å². The van der Waals surface area contributed by atoms with E-state index in [2.05, 4.69) is 5.32 Å². The maximum atomic E-state index is 13.3. The predicted molar refractivity (Wildman–Crippen MR) is 136 cm³/mol. The van der Waals surface area contributed by atoms with Gasteiger partial charge in [-0.15, -0.1) is 0 Å². The Hall–Kier alpha value is -3.63. The molecule has 0 atom stereocenters. The summed E-state index contributed by atoms with van der Waals surface area (Å²) in [6, 6.07) is 13.5. The topological polar surface area (TPSA) is 101 Å². The van der Waals surface area contributed by atoms with Gasteiger partial charge in [0.2, 0.25) is 0 Å². The number of hydrogen-bond acceptors (Lipinski definition) is 5. The van der Waals surface area contributed by atoms with Gasteiger partial charge in [0.1, 0.15) is 11.4 Å². The van der Waals surface area contributed by atoms with Gasteiger partial charge in [-0.2, -0.15) is 12.7 Å². The number of carbonyl (C=O) groups excluding carboxylic acids is 2. The van der Waals surface area contributed by atoms with Gasteiger partial charge in [-0.05, 0) is 50.3 Å². The molecule has 9 nitrogen and oxygen atoms in total. The molecule has 1 aromatic heterocycles. The molecule has 0 spiro atoms. The smallest absolute Gasteiger partial charge is 0.307 e. The van der Waals surface area contributed by atoms with Crippen LogP contribution in [-0.2, 0) is 15.0 Å². The monoisotopic (exact) mass is 498 g/mol. The van der Waals surface area contributed by atoms with Gasteiger partial charge in [-0.3, -0.25) is 9.59 Å².